The fourth-order valence-corrected chi connectivity index (χ4v) is 2.16. The smallest absolute Gasteiger partial charge is 0.245 e. The number of ether oxygens (including phenoxy) is 2. The van der Waals surface area contributed by atoms with Gasteiger partial charge in [-0.05, 0) is 12.1 Å². The molecule has 118 valence electrons. The molecule has 3 rings (SSSR count). The molecule has 0 bridgehead atoms. The fourth-order valence-electron chi connectivity index (χ4n) is 2.16. The molecule has 0 fully saturated rings. The molecule has 0 saturated carbocycles. The van der Waals surface area contributed by atoms with Crippen LogP contribution in [0.4, 0.5) is 5.95 Å². The lowest BCUT2D eigenvalue weighted by Gasteiger charge is -2.14. The van der Waals surface area contributed by atoms with Crippen molar-refractivity contribution in [1.29, 1.82) is 0 Å². The molecule has 0 saturated heterocycles. The van der Waals surface area contributed by atoms with Crippen LogP contribution in [0.2, 0.25) is 0 Å². The Kier molecular flexibility index (Phi) is 4.00. The predicted molar refractivity (Wildman–Crippen MR) is 82.8 cm³/mol. The molecule has 9 nitrogen and oxygen atoms in total. The number of aromatic nitrogens is 6. The Balaban J connectivity index is 2.31. The number of hydrogen-bond acceptors (Lipinski definition) is 8. The summed E-state index contributed by atoms with van der Waals surface area (Å²) in [5.41, 5.74) is 1.14. The zero-order valence-electron chi connectivity index (χ0n) is 12.9. The number of rotatable bonds is 5. The van der Waals surface area contributed by atoms with Gasteiger partial charge in [-0.3, -0.25) is 4.98 Å². The van der Waals surface area contributed by atoms with E-state index in [-0.39, 0.29) is 0 Å². The van der Waals surface area contributed by atoms with Crippen molar-refractivity contribution in [3.63, 3.8) is 0 Å². The summed E-state index contributed by atoms with van der Waals surface area (Å²) in [4.78, 5) is 12.6. The SMILES string of the molecule is CNc1nnc(-c2ccccn2)n1-c1c(OC)ncnc1OC. The second kappa shape index (κ2) is 6.26. The molecular weight excluding hydrogens is 298 g/mol. The lowest BCUT2D eigenvalue weighted by molar-refractivity contribution is 0.368. The largest absolute Gasteiger partial charge is 0.479 e. The Morgan fingerprint density at radius 2 is 1.74 bits per heavy atom. The minimum atomic E-state index is 0.338. The van der Waals surface area contributed by atoms with Crippen molar-refractivity contribution >= 4 is 5.95 Å². The maximum absolute atomic E-state index is 5.35. The standard InChI is InChI=1S/C14H15N7O2/c1-15-14-20-19-11(9-6-4-5-7-16-9)21(14)10-12(22-2)17-8-18-13(10)23-3/h4-8H,1-3H3,(H,15,20). The van der Waals surface area contributed by atoms with Crippen LogP contribution in [-0.2, 0) is 0 Å². The van der Waals surface area contributed by atoms with E-state index < -0.39 is 0 Å². The summed E-state index contributed by atoms with van der Waals surface area (Å²) >= 11 is 0. The lowest BCUT2D eigenvalue weighted by atomic mass is 10.3. The molecule has 23 heavy (non-hydrogen) atoms. The predicted octanol–water partition coefficient (Wildman–Crippen LogP) is 1.18. The highest BCUT2D eigenvalue weighted by Gasteiger charge is 2.23. The number of hydrogen-bond donors (Lipinski definition) is 1. The van der Waals surface area contributed by atoms with Gasteiger partial charge in [-0.25, -0.2) is 4.57 Å². The highest BCUT2D eigenvalue weighted by Crippen LogP contribution is 2.33. The molecule has 0 aliphatic carbocycles. The summed E-state index contributed by atoms with van der Waals surface area (Å²) in [6.45, 7) is 0. The first-order valence-corrected chi connectivity index (χ1v) is 6.78. The van der Waals surface area contributed by atoms with Gasteiger partial charge in [0, 0.05) is 13.2 Å². The molecule has 0 spiro atoms. The van der Waals surface area contributed by atoms with E-state index in [1.807, 2.05) is 18.2 Å². The summed E-state index contributed by atoms with van der Waals surface area (Å²) < 4.78 is 12.4. The Hall–Kier alpha value is -3.23. The molecule has 0 radical (unpaired) electrons. The molecular formula is C14H15N7O2. The number of methoxy groups -OCH3 is 2. The van der Waals surface area contributed by atoms with Crippen molar-refractivity contribution in [2.45, 2.75) is 0 Å². The molecule has 0 aliphatic rings. The third kappa shape index (κ3) is 2.52. The van der Waals surface area contributed by atoms with Crippen LogP contribution in [0, 0.1) is 0 Å². The van der Waals surface area contributed by atoms with Crippen molar-refractivity contribution in [3.05, 3.63) is 30.7 Å². The lowest BCUT2D eigenvalue weighted by Crippen LogP contribution is -2.09. The van der Waals surface area contributed by atoms with Gasteiger partial charge in [0.2, 0.25) is 17.7 Å². The normalized spacial score (nSPS) is 10.4. The van der Waals surface area contributed by atoms with Crippen molar-refractivity contribution in [2.75, 3.05) is 26.6 Å². The number of anilines is 1. The average Bonchev–Trinajstić information content (AvgIpc) is 3.05. The van der Waals surface area contributed by atoms with E-state index in [2.05, 4.69) is 30.5 Å². The van der Waals surface area contributed by atoms with Gasteiger partial charge in [0.1, 0.15) is 12.0 Å². The van der Waals surface area contributed by atoms with Gasteiger partial charge < -0.3 is 14.8 Å². The molecule has 9 heteroatoms. The third-order valence-corrected chi connectivity index (χ3v) is 3.15. The molecule has 0 aliphatic heterocycles. The maximum Gasteiger partial charge on any atom is 0.245 e. The van der Waals surface area contributed by atoms with Gasteiger partial charge in [0.15, 0.2) is 11.5 Å². The Labute approximate surface area is 132 Å². The van der Waals surface area contributed by atoms with E-state index in [4.69, 9.17) is 9.47 Å². The van der Waals surface area contributed by atoms with Gasteiger partial charge in [-0.1, -0.05) is 6.07 Å². The van der Waals surface area contributed by atoms with Crippen LogP contribution in [0.1, 0.15) is 0 Å². The van der Waals surface area contributed by atoms with Crippen LogP contribution < -0.4 is 14.8 Å². The summed E-state index contributed by atoms with van der Waals surface area (Å²) in [6, 6.07) is 5.54. The quantitative estimate of drug-likeness (QED) is 0.749. The van der Waals surface area contributed by atoms with Crippen LogP contribution in [0.15, 0.2) is 30.7 Å². The minimum Gasteiger partial charge on any atom is -0.479 e. The monoisotopic (exact) mass is 313 g/mol. The first-order chi connectivity index (χ1) is 11.3. The Morgan fingerprint density at radius 1 is 1.00 bits per heavy atom. The third-order valence-electron chi connectivity index (χ3n) is 3.15. The Bertz CT molecular complexity index is 782. The molecule has 3 aromatic rings. The van der Waals surface area contributed by atoms with Crippen molar-refractivity contribution in [1.82, 2.24) is 29.7 Å². The minimum absolute atomic E-state index is 0.338. The molecule has 1 N–H and O–H groups in total. The van der Waals surface area contributed by atoms with Crippen LogP contribution in [0.25, 0.3) is 17.2 Å². The average molecular weight is 313 g/mol. The number of pyridine rings is 1. The second-order valence-electron chi connectivity index (χ2n) is 4.39. The van der Waals surface area contributed by atoms with Gasteiger partial charge in [0.25, 0.3) is 0 Å². The zero-order valence-corrected chi connectivity index (χ0v) is 12.9. The van der Waals surface area contributed by atoms with Crippen LogP contribution in [-0.4, -0.2) is 51.0 Å². The number of nitrogens with one attached hydrogen (secondary N) is 1. The Morgan fingerprint density at radius 3 is 2.30 bits per heavy atom. The first-order valence-electron chi connectivity index (χ1n) is 6.78. The van der Waals surface area contributed by atoms with Gasteiger partial charge in [-0.15, -0.1) is 10.2 Å². The van der Waals surface area contributed by atoms with Crippen LogP contribution in [0.3, 0.4) is 0 Å². The van der Waals surface area contributed by atoms with E-state index in [1.165, 1.54) is 20.5 Å². The van der Waals surface area contributed by atoms with Gasteiger partial charge >= 0.3 is 0 Å². The van der Waals surface area contributed by atoms with E-state index in [0.29, 0.717) is 34.9 Å². The van der Waals surface area contributed by atoms with Crippen molar-refractivity contribution in [3.8, 4) is 29.0 Å². The van der Waals surface area contributed by atoms with Gasteiger partial charge in [0.05, 0.1) is 14.2 Å². The summed E-state index contributed by atoms with van der Waals surface area (Å²) in [5.74, 6) is 1.68. The fraction of sp³-hybridized carbons (Fsp3) is 0.214. The van der Waals surface area contributed by atoms with E-state index in [1.54, 1.807) is 17.8 Å². The van der Waals surface area contributed by atoms with E-state index in [9.17, 15) is 0 Å². The van der Waals surface area contributed by atoms with Crippen LogP contribution >= 0.6 is 0 Å². The summed E-state index contributed by atoms with van der Waals surface area (Å²) in [5, 5.41) is 11.3. The highest BCUT2D eigenvalue weighted by molar-refractivity contribution is 5.63. The zero-order chi connectivity index (χ0) is 16.2. The molecule has 3 aromatic heterocycles. The van der Waals surface area contributed by atoms with Crippen molar-refractivity contribution < 1.29 is 9.47 Å². The number of nitrogens with zero attached hydrogens (tertiary/aromatic N) is 6. The maximum atomic E-state index is 5.35. The van der Waals surface area contributed by atoms with E-state index >= 15 is 0 Å². The molecule has 3 heterocycles. The second-order valence-corrected chi connectivity index (χ2v) is 4.39. The molecule has 0 unspecified atom stereocenters. The van der Waals surface area contributed by atoms with Crippen LogP contribution in [0.5, 0.6) is 11.8 Å². The topological polar surface area (TPSA) is 99.9 Å². The van der Waals surface area contributed by atoms with Crippen molar-refractivity contribution in [2.24, 2.45) is 0 Å². The van der Waals surface area contributed by atoms with Gasteiger partial charge in [-0.2, -0.15) is 9.97 Å². The summed E-state index contributed by atoms with van der Waals surface area (Å²) in [7, 11) is 4.79. The summed E-state index contributed by atoms with van der Waals surface area (Å²) in [6.07, 6.45) is 3.05. The highest BCUT2D eigenvalue weighted by atomic mass is 16.5. The molecule has 0 aromatic carbocycles. The first kappa shape index (κ1) is 14.7. The molecule has 0 amide bonds. The van der Waals surface area contributed by atoms with E-state index in [0.717, 1.165) is 0 Å². The molecule has 0 atom stereocenters.